The fourth-order valence-electron chi connectivity index (χ4n) is 4.08. The molecule has 0 unspecified atom stereocenters. The summed E-state index contributed by atoms with van der Waals surface area (Å²) in [6.07, 6.45) is 6.12. The summed E-state index contributed by atoms with van der Waals surface area (Å²) in [6.45, 7) is 4.49. The van der Waals surface area contributed by atoms with Crippen molar-refractivity contribution in [1.29, 1.82) is 0 Å². The standard InChI is InChI=1S/C18H22N6O/c19-18-20-9-13(10-21-18)16-7-14(23-1-3-25-4-2-23)8-17(22-16)24-11-12-5-15(24)6-12/h7-10,12,15H,1-6,11H2,(H2,19,20,21). The molecular formula is C18H22N6O. The van der Waals surface area contributed by atoms with Crippen molar-refractivity contribution < 1.29 is 4.74 Å². The summed E-state index contributed by atoms with van der Waals surface area (Å²) in [7, 11) is 0. The summed E-state index contributed by atoms with van der Waals surface area (Å²) in [5.41, 5.74) is 8.64. The third-order valence-electron chi connectivity index (χ3n) is 5.54. The summed E-state index contributed by atoms with van der Waals surface area (Å²) in [6, 6.07) is 5.02. The van der Waals surface area contributed by atoms with E-state index in [9.17, 15) is 0 Å². The Labute approximate surface area is 146 Å². The van der Waals surface area contributed by atoms with E-state index in [-0.39, 0.29) is 5.95 Å². The first-order valence-electron chi connectivity index (χ1n) is 8.95. The highest BCUT2D eigenvalue weighted by molar-refractivity contribution is 5.69. The second-order valence-electron chi connectivity index (χ2n) is 7.14. The minimum absolute atomic E-state index is 0.286. The molecule has 2 aromatic rings. The molecule has 7 heteroatoms. The highest BCUT2D eigenvalue weighted by atomic mass is 16.5. The van der Waals surface area contributed by atoms with Gasteiger partial charge in [0.25, 0.3) is 0 Å². The Morgan fingerprint density at radius 3 is 2.52 bits per heavy atom. The molecule has 0 aromatic carbocycles. The average molecular weight is 338 g/mol. The number of hydrogen-bond donors (Lipinski definition) is 1. The number of anilines is 3. The maximum atomic E-state index is 5.63. The maximum absolute atomic E-state index is 5.63. The van der Waals surface area contributed by atoms with Gasteiger partial charge in [-0.05, 0) is 24.8 Å². The molecule has 0 amide bonds. The normalized spacial score (nSPS) is 25.1. The molecule has 1 aliphatic carbocycles. The van der Waals surface area contributed by atoms with E-state index in [1.807, 2.05) is 0 Å². The second kappa shape index (κ2) is 5.84. The molecule has 2 N–H and O–H groups in total. The summed E-state index contributed by atoms with van der Waals surface area (Å²) in [5, 5.41) is 0. The Balaban J connectivity index is 1.55. The van der Waals surface area contributed by atoms with Gasteiger partial charge in [0.05, 0.1) is 18.9 Å². The minimum Gasteiger partial charge on any atom is -0.378 e. The Hall–Kier alpha value is -2.41. The van der Waals surface area contributed by atoms with Crippen molar-refractivity contribution in [2.24, 2.45) is 5.92 Å². The molecule has 1 saturated carbocycles. The van der Waals surface area contributed by atoms with Crippen molar-refractivity contribution in [3.8, 4) is 11.3 Å². The number of rotatable bonds is 3. The largest absolute Gasteiger partial charge is 0.378 e. The molecule has 7 nitrogen and oxygen atoms in total. The molecule has 6 rings (SSSR count). The van der Waals surface area contributed by atoms with Crippen molar-refractivity contribution in [3.05, 3.63) is 24.5 Å². The molecule has 4 aliphatic rings. The van der Waals surface area contributed by atoms with Gasteiger partial charge in [0.2, 0.25) is 5.95 Å². The molecule has 4 fully saturated rings. The molecule has 0 spiro atoms. The van der Waals surface area contributed by atoms with Crippen LogP contribution in [0.15, 0.2) is 24.5 Å². The Bertz CT molecular complexity index is 768. The topological polar surface area (TPSA) is 80.4 Å². The van der Waals surface area contributed by atoms with Crippen molar-refractivity contribution in [2.75, 3.05) is 48.4 Å². The van der Waals surface area contributed by atoms with Gasteiger partial charge in [-0.2, -0.15) is 0 Å². The number of fused-ring (bicyclic) bond motifs is 1. The summed E-state index contributed by atoms with van der Waals surface area (Å²) in [4.78, 5) is 18.0. The number of aromatic nitrogens is 3. The van der Waals surface area contributed by atoms with Crippen LogP contribution < -0.4 is 15.5 Å². The molecule has 2 aromatic heterocycles. The lowest BCUT2D eigenvalue weighted by Crippen LogP contribution is -2.36. The predicted octanol–water partition coefficient (Wildman–Crippen LogP) is 1.56. The van der Waals surface area contributed by atoms with Gasteiger partial charge < -0.3 is 20.3 Å². The molecule has 3 saturated heterocycles. The van der Waals surface area contributed by atoms with Crippen LogP contribution in [0, 0.1) is 5.92 Å². The summed E-state index contributed by atoms with van der Waals surface area (Å²) < 4.78 is 5.50. The molecular weight excluding hydrogens is 316 g/mol. The monoisotopic (exact) mass is 338 g/mol. The molecule has 5 heterocycles. The first-order chi connectivity index (χ1) is 12.3. The molecule has 0 radical (unpaired) electrons. The Morgan fingerprint density at radius 1 is 1.08 bits per heavy atom. The van der Waals surface area contributed by atoms with Gasteiger partial charge in [-0.15, -0.1) is 0 Å². The Morgan fingerprint density at radius 2 is 1.84 bits per heavy atom. The molecule has 25 heavy (non-hydrogen) atoms. The van der Waals surface area contributed by atoms with Gasteiger partial charge >= 0.3 is 0 Å². The van der Waals surface area contributed by atoms with Crippen molar-refractivity contribution in [1.82, 2.24) is 15.0 Å². The van der Waals surface area contributed by atoms with Crippen LogP contribution >= 0.6 is 0 Å². The fourth-order valence-corrected chi connectivity index (χ4v) is 4.08. The SMILES string of the molecule is Nc1ncc(-c2cc(N3CCOCC3)cc(N3CC4CC3C4)n2)cn1. The average Bonchev–Trinajstić information content (AvgIpc) is 3.24. The predicted molar refractivity (Wildman–Crippen MR) is 96.6 cm³/mol. The number of morpholine rings is 1. The van der Waals surface area contributed by atoms with E-state index in [4.69, 9.17) is 15.5 Å². The third kappa shape index (κ3) is 2.68. The van der Waals surface area contributed by atoms with Crippen LogP contribution in [-0.4, -0.2) is 53.8 Å². The van der Waals surface area contributed by atoms with Gasteiger partial charge in [-0.1, -0.05) is 0 Å². The van der Waals surface area contributed by atoms with Crippen LogP contribution in [0.25, 0.3) is 11.3 Å². The molecule has 3 aliphatic heterocycles. The Kier molecular flexibility index (Phi) is 3.48. The smallest absolute Gasteiger partial charge is 0.219 e. The molecule has 0 atom stereocenters. The lowest BCUT2D eigenvalue weighted by atomic mass is 9.86. The summed E-state index contributed by atoms with van der Waals surface area (Å²) >= 11 is 0. The van der Waals surface area contributed by atoms with Crippen LogP contribution in [0.3, 0.4) is 0 Å². The van der Waals surface area contributed by atoms with Crippen LogP contribution in [0.4, 0.5) is 17.5 Å². The zero-order valence-corrected chi connectivity index (χ0v) is 14.1. The number of nitrogens with zero attached hydrogens (tertiary/aromatic N) is 5. The van der Waals surface area contributed by atoms with Crippen molar-refractivity contribution >= 4 is 17.5 Å². The van der Waals surface area contributed by atoms with Crippen LogP contribution in [-0.2, 0) is 4.74 Å². The minimum atomic E-state index is 0.286. The van der Waals surface area contributed by atoms with Crippen LogP contribution in [0.2, 0.25) is 0 Å². The lowest BCUT2D eigenvalue weighted by molar-refractivity contribution is 0.122. The third-order valence-corrected chi connectivity index (χ3v) is 5.54. The van der Waals surface area contributed by atoms with Gasteiger partial charge in [-0.25, -0.2) is 15.0 Å². The van der Waals surface area contributed by atoms with E-state index < -0.39 is 0 Å². The zero-order valence-electron chi connectivity index (χ0n) is 14.1. The van der Waals surface area contributed by atoms with Gasteiger partial charge in [-0.3, -0.25) is 0 Å². The summed E-state index contributed by atoms with van der Waals surface area (Å²) in [5.74, 6) is 2.21. The number of ether oxygens (including phenoxy) is 1. The van der Waals surface area contributed by atoms with E-state index in [1.54, 1.807) is 12.4 Å². The first-order valence-corrected chi connectivity index (χ1v) is 8.95. The lowest BCUT2D eigenvalue weighted by Gasteiger charge is -2.31. The van der Waals surface area contributed by atoms with E-state index in [1.165, 1.54) is 18.5 Å². The molecule has 2 bridgehead atoms. The number of nitrogens with two attached hydrogens (primary N) is 1. The number of pyridine rings is 1. The fraction of sp³-hybridized carbons (Fsp3) is 0.500. The highest BCUT2D eigenvalue weighted by Crippen LogP contribution is 2.43. The highest BCUT2D eigenvalue weighted by Gasteiger charge is 2.43. The number of hydrogen-bond acceptors (Lipinski definition) is 7. The van der Waals surface area contributed by atoms with Crippen LogP contribution in [0.1, 0.15) is 12.8 Å². The van der Waals surface area contributed by atoms with Crippen molar-refractivity contribution in [2.45, 2.75) is 18.9 Å². The van der Waals surface area contributed by atoms with Gasteiger partial charge in [0, 0.05) is 55.4 Å². The molecule has 130 valence electrons. The maximum Gasteiger partial charge on any atom is 0.219 e. The van der Waals surface area contributed by atoms with E-state index in [2.05, 4.69) is 31.9 Å². The van der Waals surface area contributed by atoms with E-state index in [0.29, 0.717) is 6.04 Å². The number of nitrogen functional groups attached to an aromatic ring is 1. The van der Waals surface area contributed by atoms with Gasteiger partial charge in [0.15, 0.2) is 0 Å². The van der Waals surface area contributed by atoms with Crippen LogP contribution in [0.5, 0.6) is 0 Å². The quantitative estimate of drug-likeness (QED) is 0.909. The van der Waals surface area contributed by atoms with E-state index in [0.717, 1.165) is 55.8 Å². The zero-order chi connectivity index (χ0) is 16.8. The van der Waals surface area contributed by atoms with Crippen molar-refractivity contribution in [3.63, 3.8) is 0 Å². The van der Waals surface area contributed by atoms with Gasteiger partial charge in [0.1, 0.15) is 5.82 Å². The first kappa shape index (κ1) is 14.9. The van der Waals surface area contributed by atoms with E-state index >= 15 is 0 Å². The second-order valence-corrected chi connectivity index (χ2v) is 7.14.